The van der Waals surface area contributed by atoms with E-state index in [0.29, 0.717) is 12.3 Å². The molecule has 26 heavy (non-hydrogen) atoms. The minimum absolute atomic E-state index is 0.00102. The quantitative estimate of drug-likeness (QED) is 0.629. The molecule has 1 aromatic carbocycles. The van der Waals surface area contributed by atoms with Crippen molar-refractivity contribution in [3.63, 3.8) is 0 Å². The molecule has 2 amide bonds. The maximum absolute atomic E-state index is 13.0. The van der Waals surface area contributed by atoms with E-state index >= 15 is 0 Å². The first kappa shape index (κ1) is 18.5. The second-order valence-corrected chi connectivity index (χ2v) is 7.06. The number of benzene rings is 1. The lowest BCUT2D eigenvalue weighted by Gasteiger charge is -2.44. The number of nitrogens with one attached hydrogen (secondary N) is 1. The highest BCUT2D eigenvalue weighted by Gasteiger charge is 2.42. The summed E-state index contributed by atoms with van der Waals surface area (Å²) in [7, 11) is 0. The van der Waals surface area contributed by atoms with Crippen LogP contribution in [0.1, 0.15) is 51.0 Å². The molecule has 1 heterocycles. The van der Waals surface area contributed by atoms with E-state index in [1.54, 1.807) is 11.0 Å². The predicted molar refractivity (Wildman–Crippen MR) is 101 cm³/mol. The van der Waals surface area contributed by atoms with Gasteiger partial charge in [-0.1, -0.05) is 50.1 Å². The Morgan fingerprint density at radius 1 is 1.27 bits per heavy atom. The van der Waals surface area contributed by atoms with Crippen LogP contribution in [0.25, 0.3) is 6.08 Å². The van der Waals surface area contributed by atoms with Crippen molar-refractivity contribution in [2.75, 3.05) is 13.1 Å². The van der Waals surface area contributed by atoms with E-state index < -0.39 is 0 Å². The molecule has 140 valence electrons. The molecule has 0 radical (unpaired) electrons. The highest BCUT2D eigenvalue weighted by Crippen LogP contribution is 2.33. The SMILES string of the molecule is CCCCNC(=O)CN1C(=O)/C(=C\c2ccccc2)OC2CCCCC21. The van der Waals surface area contributed by atoms with Gasteiger partial charge in [0.15, 0.2) is 5.76 Å². The first-order chi connectivity index (χ1) is 12.7. The average Bonchev–Trinajstić information content (AvgIpc) is 2.66. The molecule has 1 saturated heterocycles. The third kappa shape index (κ3) is 4.45. The molecule has 2 aliphatic rings. The van der Waals surface area contributed by atoms with Gasteiger partial charge in [-0.25, -0.2) is 0 Å². The Balaban J connectivity index is 1.77. The van der Waals surface area contributed by atoms with Gasteiger partial charge in [-0.05, 0) is 37.3 Å². The molecule has 0 bridgehead atoms. The van der Waals surface area contributed by atoms with Crippen LogP contribution >= 0.6 is 0 Å². The zero-order chi connectivity index (χ0) is 18.4. The Kier molecular flexibility index (Phi) is 6.31. The highest BCUT2D eigenvalue weighted by atomic mass is 16.5. The van der Waals surface area contributed by atoms with Crippen LogP contribution < -0.4 is 5.32 Å². The number of ether oxygens (including phenoxy) is 1. The Labute approximate surface area is 155 Å². The topological polar surface area (TPSA) is 58.6 Å². The minimum Gasteiger partial charge on any atom is -0.482 e. The van der Waals surface area contributed by atoms with Gasteiger partial charge in [-0.3, -0.25) is 9.59 Å². The molecular formula is C21H28N2O3. The number of amides is 2. The van der Waals surface area contributed by atoms with Crippen LogP contribution in [0.15, 0.2) is 36.1 Å². The number of rotatable bonds is 6. The standard InChI is InChI=1S/C21H28N2O3/c1-2-3-13-22-20(24)15-23-17-11-7-8-12-18(17)26-19(21(23)25)14-16-9-5-4-6-10-16/h4-6,9-10,14,17-18H,2-3,7-8,11-13,15H2,1H3,(H,22,24)/b19-14+. The van der Waals surface area contributed by atoms with E-state index in [1.165, 1.54) is 0 Å². The maximum atomic E-state index is 13.0. The Bertz CT molecular complexity index is 656. The fourth-order valence-corrected chi connectivity index (χ4v) is 3.68. The molecule has 1 aliphatic heterocycles. The smallest absolute Gasteiger partial charge is 0.289 e. The number of hydrogen-bond acceptors (Lipinski definition) is 3. The largest absolute Gasteiger partial charge is 0.482 e. The highest BCUT2D eigenvalue weighted by molar-refractivity contribution is 5.98. The second-order valence-electron chi connectivity index (χ2n) is 7.06. The zero-order valence-electron chi connectivity index (χ0n) is 15.4. The summed E-state index contributed by atoms with van der Waals surface area (Å²) in [6.07, 6.45) is 7.76. The predicted octanol–water partition coefficient (Wildman–Crippen LogP) is 3.11. The van der Waals surface area contributed by atoms with Crippen LogP contribution in [0, 0.1) is 0 Å². The summed E-state index contributed by atoms with van der Waals surface area (Å²) in [5.74, 6) is 0.0837. The van der Waals surface area contributed by atoms with E-state index in [9.17, 15) is 9.59 Å². The first-order valence-corrected chi connectivity index (χ1v) is 9.70. The van der Waals surface area contributed by atoms with Crippen molar-refractivity contribution >= 4 is 17.9 Å². The van der Waals surface area contributed by atoms with E-state index in [0.717, 1.165) is 44.1 Å². The third-order valence-electron chi connectivity index (χ3n) is 5.08. The molecule has 1 aromatic rings. The summed E-state index contributed by atoms with van der Waals surface area (Å²) in [5.41, 5.74) is 0.928. The molecule has 1 N–H and O–H groups in total. The fourth-order valence-electron chi connectivity index (χ4n) is 3.68. The van der Waals surface area contributed by atoms with Crippen molar-refractivity contribution in [2.24, 2.45) is 0 Å². The van der Waals surface area contributed by atoms with Crippen LogP contribution in [0.5, 0.6) is 0 Å². The van der Waals surface area contributed by atoms with Gasteiger partial charge < -0.3 is 15.0 Å². The molecule has 3 rings (SSSR count). The summed E-state index contributed by atoms with van der Waals surface area (Å²) >= 11 is 0. The Morgan fingerprint density at radius 3 is 2.81 bits per heavy atom. The van der Waals surface area contributed by atoms with Crippen molar-refractivity contribution in [3.05, 3.63) is 41.7 Å². The summed E-state index contributed by atoms with van der Waals surface area (Å²) < 4.78 is 6.06. The number of carbonyl (C=O) groups is 2. The van der Waals surface area contributed by atoms with Gasteiger partial charge >= 0.3 is 0 Å². The Hall–Kier alpha value is -2.30. The molecule has 0 spiro atoms. The zero-order valence-corrected chi connectivity index (χ0v) is 15.4. The second kappa shape index (κ2) is 8.88. The lowest BCUT2D eigenvalue weighted by Crippen LogP contribution is -2.57. The third-order valence-corrected chi connectivity index (χ3v) is 5.08. The van der Waals surface area contributed by atoms with Crippen LogP contribution in [-0.4, -0.2) is 41.9 Å². The molecule has 1 aliphatic carbocycles. The number of morpholine rings is 1. The number of carbonyl (C=O) groups excluding carboxylic acids is 2. The van der Waals surface area contributed by atoms with Crippen LogP contribution in [0.4, 0.5) is 0 Å². The minimum atomic E-state index is -0.178. The molecule has 2 fully saturated rings. The van der Waals surface area contributed by atoms with Crippen molar-refractivity contribution in [1.82, 2.24) is 10.2 Å². The molecule has 2 unspecified atom stereocenters. The van der Waals surface area contributed by atoms with E-state index in [1.807, 2.05) is 30.3 Å². The van der Waals surface area contributed by atoms with E-state index in [-0.39, 0.29) is 30.5 Å². The van der Waals surface area contributed by atoms with Crippen LogP contribution in [0.2, 0.25) is 0 Å². The molecular weight excluding hydrogens is 328 g/mol. The van der Waals surface area contributed by atoms with Crippen LogP contribution in [0.3, 0.4) is 0 Å². The van der Waals surface area contributed by atoms with Gasteiger partial charge in [0, 0.05) is 6.54 Å². The first-order valence-electron chi connectivity index (χ1n) is 9.70. The van der Waals surface area contributed by atoms with Crippen molar-refractivity contribution in [3.8, 4) is 0 Å². The van der Waals surface area contributed by atoms with E-state index in [2.05, 4.69) is 12.2 Å². The molecule has 5 nitrogen and oxygen atoms in total. The lowest BCUT2D eigenvalue weighted by molar-refractivity contribution is -0.151. The summed E-state index contributed by atoms with van der Waals surface area (Å²) in [4.78, 5) is 27.0. The molecule has 0 aromatic heterocycles. The fraction of sp³-hybridized carbons (Fsp3) is 0.524. The number of nitrogens with zero attached hydrogens (tertiary/aromatic N) is 1. The van der Waals surface area contributed by atoms with Crippen molar-refractivity contribution in [1.29, 1.82) is 0 Å². The van der Waals surface area contributed by atoms with Crippen molar-refractivity contribution in [2.45, 2.75) is 57.6 Å². The van der Waals surface area contributed by atoms with Crippen LogP contribution in [-0.2, 0) is 14.3 Å². The van der Waals surface area contributed by atoms with Gasteiger partial charge in [-0.2, -0.15) is 0 Å². The number of hydrogen-bond donors (Lipinski definition) is 1. The molecule has 2 atom stereocenters. The number of unbranched alkanes of at least 4 members (excludes halogenated alkanes) is 1. The molecule has 1 saturated carbocycles. The van der Waals surface area contributed by atoms with Gasteiger partial charge in [0.25, 0.3) is 5.91 Å². The van der Waals surface area contributed by atoms with E-state index in [4.69, 9.17) is 4.74 Å². The lowest BCUT2D eigenvalue weighted by atomic mass is 9.89. The summed E-state index contributed by atoms with van der Waals surface area (Å²) in [6, 6.07) is 9.69. The summed E-state index contributed by atoms with van der Waals surface area (Å²) in [6.45, 7) is 2.86. The van der Waals surface area contributed by atoms with Gasteiger partial charge in [0.05, 0.1) is 6.04 Å². The normalized spacial score (nSPS) is 24.1. The van der Waals surface area contributed by atoms with Crippen molar-refractivity contribution < 1.29 is 14.3 Å². The monoisotopic (exact) mass is 356 g/mol. The van der Waals surface area contributed by atoms with Gasteiger partial charge in [0.2, 0.25) is 5.91 Å². The number of fused-ring (bicyclic) bond motifs is 1. The van der Waals surface area contributed by atoms with Gasteiger partial charge in [-0.15, -0.1) is 0 Å². The Morgan fingerprint density at radius 2 is 2.04 bits per heavy atom. The molecule has 5 heteroatoms. The average molecular weight is 356 g/mol. The maximum Gasteiger partial charge on any atom is 0.289 e. The van der Waals surface area contributed by atoms with Gasteiger partial charge in [0.1, 0.15) is 12.6 Å². The summed E-state index contributed by atoms with van der Waals surface area (Å²) in [5, 5.41) is 2.92.